The van der Waals surface area contributed by atoms with Gasteiger partial charge in [-0.25, -0.2) is 19.5 Å². The van der Waals surface area contributed by atoms with Crippen LogP contribution in [0.4, 0.5) is 10.2 Å². The Morgan fingerprint density at radius 3 is 2.65 bits per heavy atom. The maximum absolute atomic E-state index is 15.3. The molecule has 3 aromatic carbocycles. The summed E-state index contributed by atoms with van der Waals surface area (Å²) in [6.07, 6.45) is 2.77. The molecule has 0 saturated carbocycles. The number of carbonyl (C=O) groups excluding carboxylic acids is 1. The standard InChI is InChI=1S/C35H30FN7O3/c36-28-9-8-21(19-30-22-4-1-2-5-25(22)34(44)41-40-30)18-27(28)35(45)43-13-11-26-31(20-43)38-32(39-33(26)42-14-16-46-17-15-42)24-6-3-7-29-23(24)10-12-37-29/h1-10,12,18,37H,11,13-17,19-20H2,(H,41,44). The summed E-state index contributed by atoms with van der Waals surface area (Å²) in [6, 6.07) is 19.8. The van der Waals surface area contributed by atoms with Crippen LogP contribution in [0.1, 0.15) is 32.9 Å². The van der Waals surface area contributed by atoms with E-state index in [1.54, 1.807) is 29.2 Å². The molecule has 1 fully saturated rings. The summed E-state index contributed by atoms with van der Waals surface area (Å²) in [5, 5.41) is 9.07. The highest BCUT2D eigenvalue weighted by atomic mass is 19.1. The highest BCUT2D eigenvalue weighted by Gasteiger charge is 2.30. The van der Waals surface area contributed by atoms with Gasteiger partial charge >= 0.3 is 0 Å². The van der Waals surface area contributed by atoms with Gasteiger partial charge < -0.3 is 19.5 Å². The van der Waals surface area contributed by atoms with E-state index in [1.807, 2.05) is 42.6 Å². The second kappa shape index (κ2) is 11.5. The molecular weight excluding hydrogens is 585 g/mol. The number of aromatic amines is 2. The van der Waals surface area contributed by atoms with Crippen LogP contribution in [-0.2, 0) is 24.1 Å². The third-order valence-corrected chi connectivity index (χ3v) is 8.88. The monoisotopic (exact) mass is 615 g/mol. The van der Waals surface area contributed by atoms with Gasteiger partial charge in [0.2, 0.25) is 0 Å². The lowest BCUT2D eigenvalue weighted by Gasteiger charge is -2.34. The van der Waals surface area contributed by atoms with Gasteiger partial charge in [0.05, 0.1) is 42.1 Å². The molecule has 2 aliphatic rings. The van der Waals surface area contributed by atoms with E-state index in [2.05, 4.69) is 20.1 Å². The van der Waals surface area contributed by atoms with Gasteiger partial charge in [-0.15, -0.1) is 0 Å². The van der Waals surface area contributed by atoms with Gasteiger partial charge in [0.25, 0.3) is 11.5 Å². The highest BCUT2D eigenvalue weighted by Crippen LogP contribution is 2.33. The zero-order valence-corrected chi connectivity index (χ0v) is 24.9. The maximum atomic E-state index is 15.3. The number of benzene rings is 3. The molecule has 2 aliphatic heterocycles. The molecular formula is C35H30FN7O3. The van der Waals surface area contributed by atoms with Crippen molar-refractivity contribution in [2.75, 3.05) is 37.7 Å². The first-order valence-electron chi connectivity index (χ1n) is 15.4. The molecule has 6 aromatic rings. The summed E-state index contributed by atoms with van der Waals surface area (Å²) in [6.45, 7) is 3.32. The molecule has 3 aromatic heterocycles. The minimum Gasteiger partial charge on any atom is -0.378 e. The van der Waals surface area contributed by atoms with Crippen LogP contribution in [0.2, 0.25) is 0 Å². The van der Waals surface area contributed by atoms with E-state index < -0.39 is 11.7 Å². The van der Waals surface area contributed by atoms with Crippen LogP contribution in [0.25, 0.3) is 33.1 Å². The minimum atomic E-state index is -0.588. The van der Waals surface area contributed by atoms with Gasteiger partial charge in [-0.2, -0.15) is 5.10 Å². The predicted octanol–water partition coefficient (Wildman–Crippen LogP) is 4.63. The Hall–Kier alpha value is -5.42. The molecule has 0 atom stereocenters. The smallest absolute Gasteiger partial charge is 0.272 e. The number of morpholine rings is 1. The van der Waals surface area contributed by atoms with Crippen molar-refractivity contribution in [2.45, 2.75) is 19.4 Å². The van der Waals surface area contributed by atoms with Gasteiger partial charge in [0.15, 0.2) is 5.82 Å². The fourth-order valence-corrected chi connectivity index (χ4v) is 6.54. The SMILES string of the molecule is O=C(c1cc(Cc2n[nH]c(=O)c3ccccc23)ccc1F)N1CCc2c(nc(-c3cccc4[nH]ccc34)nc2N2CCOCC2)C1. The Morgan fingerprint density at radius 2 is 1.78 bits per heavy atom. The van der Waals surface area contributed by atoms with Crippen LogP contribution in [0.3, 0.4) is 0 Å². The number of hydrogen-bond donors (Lipinski definition) is 2. The summed E-state index contributed by atoms with van der Waals surface area (Å²) in [4.78, 5) is 43.4. The topological polar surface area (TPSA) is 120 Å². The lowest BCUT2D eigenvalue weighted by Crippen LogP contribution is -2.41. The first-order chi connectivity index (χ1) is 22.5. The summed E-state index contributed by atoms with van der Waals surface area (Å²) < 4.78 is 20.9. The van der Waals surface area contributed by atoms with E-state index in [1.165, 1.54) is 6.07 Å². The second-order valence-electron chi connectivity index (χ2n) is 11.7. The quantitative estimate of drug-likeness (QED) is 0.290. The number of fused-ring (bicyclic) bond motifs is 3. The van der Waals surface area contributed by atoms with Crippen LogP contribution in [0.15, 0.2) is 77.7 Å². The second-order valence-corrected chi connectivity index (χ2v) is 11.7. The number of carbonyl (C=O) groups is 1. The fourth-order valence-electron chi connectivity index (χ4n) is 6.54. The molecule has 1 saturated heterocycles. The molecule has 0 bridgehead atoms. The molecule has 46 heavy (non-hydrogen) atoms. The third-order valence-electron chi connectivity index (χ3n) is 8.88. The lowest BCUT2D eigenvalue weighted by atomic mass is 10.00. The number of nitrogens with zero attached hydrogens (tertiary/aromatic N) is 5. The molecule has 0 aliphatic carbocycles. The van der Waals surface area contributed by atoms with Gasteiger partial charge in [0.1, 0.15) is 11.6 Å². The highest BCUT2D eigenvalue weighted by molar-refractivity contribution is 5.95. The number of amides is 1. The molecule has 0 unspecified atom stereocenters. The Balaban J connectivity index is 1.13. The predicted molar refractivity (Wildman–Crippen MR) is 172 cm³/mol. The first-order valence-corrected chi connectivity index (χ1v) is 15.4. The van der Waals surface area contributed by atoms with E-state index in [0.717, 1.165) is 52.0 Å². The third kappa shape index (κ3) is 4.98. The summed E-state index contributed by atoms with van der Waals surface area (Å²) in [7, 11) is 0. The lowest BCUT2D eigenvalue weighted by molar-refractivity contribution is 0.0726. The molecule has 10 nitrogen and oxygen atoms in total. The zero-order chi connectivity index (χ0) is 31.2. The molecule has 2 N–H and O–H groups in total. The number of anilines is 1. The number of aromatic nitrogens is 5. The maximum Gasteiger partial charge on any atom is 0.272 e. The first kappa shape index (κ1) is 28.1. The molecule has 0 radical (unpaired) electrons. The van der Waals surface area contributed by atoms with Crippen LogP contribution >= 0.6 is 0 Å². The van der Waals surface area contributed by atoms with E-state index in [-0.39, 0.29) is 17.7 Å². The van der Waals surface area contributed by atoms with E-state index in [0.29, 0.717) is 55.1 Å². The molecule has 8 rings (SSSR count). The van der Waals surface area contributed by atoms with Crippen LogP contribution < -0.4 is 10.5 Å². The summed E-state index contributed by atoms with van der Waals surface area (Å²) in [5.41, 5.74) is 4.75. The minimum absolute atomic E-state index is 0.00514. The van der Waals surface area contributed by atoms with Gasteiger partial charge in [0, 0.05) is 59.7 Å². The summed E-state index contributed by atoms with van der Waals surface area (Å²) >= 11 is 0. The van der Waals surface area contributed by atoms with Crippen molar-refractivity contribution in [3.8, 4) is 11.4 Å². The molecule has 1 amide bonds. The van der Waals surface area contributed by atoms with Crippen molar-refractivity contribution in [2.24, 2.45) is 0 Å². The normalized spacial score (nSPS) is 15.0. The summed E-state index contributed by atoms with van der Waals surface area (Å²) in [5.74, 6) is 0.478. The Morgan fingerprint density at radius 1 is 0.935 bits per heavy atom. The van der Waals surface area contributed by atoms with E-state index >= 15 is 4.39 Å². The van der Waals surface area contributed by atoms with Crippen LogP contribution in [0.5, 0.6) is 0 Å². The molecule has 5 heterocycles. The van der Waals surface area contributed by atoms with Crippen molar-refractivity contribution < 1.29 is 13.9 Å². The van der Waals surface area contributed by atoms with Gasteiger partial charge in [-0.05, 0) is 42.3 Å². The number of H-pyrrole nitrogens is 2. The molecule has 0 spiro atoms. The number of nitrogens with one attached hydrogen (secondary N) is 2. The average Bonchev–Trinajstić information content (AvgIpc) is 3.59. The van der Waals surface area contributed by atoms with Crippen molar-refractivity contribution in [1.82, 2.24) is 30.0 Å². The van der Waals surface area contributed by atoms with Crippen molar-refractivity contribution in [3.63, 3.8) is 0 Å². The number of hydrogen-bond acceptors (Lipinski definition) is 7. The van der Waals surface area contributed by atoms with E-state index in [4.69, 9.17) is 14.7 Å². The zero-order valence-electron chi connectivity index (χ0n) is 24.9. The fraction of sp³-hybridized carbons (Fsp3) is 0.229. The van der Waals surface area contributed by atoms with Gasteiger partial charge in [-0.1, -0.05) is 36.4 Å². The number of ether oxygens (including phenoxy) is 1. The van der Waals surface area contributed by atoms with E-state index in [9.17, 15) is 9.59 Å². The Bertz CT molecular complexity index is 2190. The van der Waals surface area contributed by atoms with Crippen LogP contribution in [0, 0.1) is 5.82 Å². The van der Waals surface area contributed by atoms with Crippen molar-refractivity contribution in [1.29, 1.82) is 0 Å². The molecule has 230 valence electrons. The largest absolute Gasteiger partial charge is 0.378 e. The molecule has 11 heteroatoms. The average molecular weight is 616 g/mol. The Kier molecular flexibility index (Phi) is 7.02. The van der Waals surface area contributed by atoms with Crippen molar-refractivity contribution in [3.05, 3.63) is 117 Å². The Labute approximate surface area is 262 Å². The van der Waals surface area contributed by atoms with Crippen LogP contribution in [-0.4, -0.2) is 68.8 Å². The van der Waals surface area contributed by atoms with Gasteiger partial charge in [-0.3, -0.25) is 9.59 Å². The number of rotatable bonds is 5. The van der Waals surface area contributed by atoms with Crippen molar-refractivity contribution >= 4 is 33.4 Å². The number of halogens is 1.